The maximum absolute atomic E-state index is 13.5. The summed E-state index contributed by atoms with van der Waals surface area (Å²) in [6.45, 7) is -0.564. The number of hydrogen-bond acceptors (Lipinski definition) is 2. The number of fused-ring (bicyclic) bond motifs is 3. The van der Waals surface area contributed by atoms with Crippen molar-refractivity contribution in [3.63, 3.8) is 0 Å². The van der Waals surface area contributed by atoms with E-state index in [1.54, 1.807) is 35.3 Å². The molecule has 0 aliphatic heterocycles. The number of benzene rings is 2. The molecule has 3 aromatic heterocycles. The Morgan fingerprint density at radius 1 is 0.968 bits per heavy atom. The predicted molar refractivity (Wildman–Crippen MR) is 115 cm³/mol. The van der Waals surface area contributed by atoms with E-state index in [1.807, 2.05) is 36.5 Å². The summed E-state index contributed by atoms with van der Waals surface area (Å²) in [5, 5.41) is 6.19. The molecule has 0 unspecified atom stereocenters. The van der Waals surface area contributed by atoms with Crippen LogP contribution in [0, 0.1) is 0 Å². The largest absolute Gasteiger partial charge is 0.406 e. The van der Waals surface area contributed by atoms with E-state index in [0.717, 1.165) is 5.56 Å². The fourth-order valence-electron chi connectivity index (χ4n) is 3.97. The number of alkyl halides is 3. The number of rotatable bonds is 4. The van der Waals surface area contributed by atoms with Crippen molar-refractivity contribution < 1.29 is 13.2 Å². The van der Waals surface area contributed by atoms with Crippen LogP contribution in [0.25, 0.3) is 32.9 Å². The fraction of sp³-hybridized carbons (Fsp3) is 0.130. The van der Waals surface area contributed by atoms with Crippen molar-refractivity contribution in [1.82, 2.24) is 19.3 Å². The second kappa shape index (κ2) is 7.42. The molecular weight excluding hydrogens is 425 g/mol. The molecule has 8 heteroatoms. The van der Waals surface area contributed by atoms with Gasteiger partial charge in [-0.1, -0.05) is 41.9 Å². The van der Waals surface area contributed by atoms with E-state index in [0.29, 0.717) is 44.5 Å². The molecule has 4 nitrogen and oxygen atoms in total. The second-order valence-corrected chi connectivity index (χ2v) is 7.79. The van der Waals surface area contributed by atoms with E-state index in [4.69, 9.17) is 11.6 Å². The lowest BCUT2D eigenvalue weighted by Gasteiger charge is -2.13. The summed E-state index contributed by atoms with van der Waals surface area (Å²) in [5.41, 5.74) is 3.24. The maximum Gasteiger partial charge on any atom is 0.406 e. The maximum atomic E-state index is 13.5. The predicted octanol–water partition coefficient (Wildman–Crippen LogP) is 6.32. The number of aromatic nitrogens is 4. The van der Waals surface area contributed by atoms with Gasteiger partial charge >= 0.3 is 6.18 Å². The van der Waals surface area contributed by atoms with Crippen LogP contribution in [0.2, 0.25) is 5.02 Å². The van der Waals surface area contributed by atoms with Crippen LogP contribution in [0.5, 0.6) is 0 Å². The van der Waals surface area contributed by atoms with Gasteiger partial charge in [-0.05, 0) is 23.8 Å². The van der Waals surface area contributed by atoms with Gasteiger partial charge in [0, 0.05) is 39.3 Å². The van der Waals surface area contributed by atoms with Crippen LogP contribution in [0.3, 0.4) is 0 Å². The zero-order valence-electron chi connectivity index (χ0n) is 16.1. The van der Waals surface area contributed by atoms with Gasteiger partial charge in [-0.3, -0.25) is 9.67 Å². The van der Waals surface area contributed by atoms with Crippen molar-refractivity contribution >= 4 is 33.4 Å². The van der Waals surface area contributed by atoms with Gasteiger partial charge in [0.2, 0.25) is 0 Å². The van der Waals surface area contributed by atoms with E-state index < -0.39 is 12.7 Å². The average Bonchev–Trinajstić information content (AvgIpc) is 3.31. The summed E-state index contributed by atoms with van der Waals surface area (Å²) in [5.74, 6) is 0. The third-order valence-electron chi connectivity index (χ3n) is 5.19. The van der Waals surface area contributed by atoms with Crippen molar-refractivity contribution in [3.8, 4) is 11.1 Å². The zero-order chi connectivity index (χ0) is 21.6. The van der Waals surface area contributed by atoms with Crippen LogP contribution in [0.1, 0.15) is 5.56 Å². The lowest BCUT2D eigenvalue weighted by molar-refractivity contribution is -0.139. The minimum atomic E-state index is -4.39. The molecule has 0 saturated heterocycles. The molecule has 0 aliphatic carbocycles. The summed E-state index contributed by atoms with van der Waals surface area (Å²) >= 11 is 6.38. The quantitative estimate of drug-likeness (QED) is 0.328. The highest BCUT2D eigenvalue weighted by Gasteiger charge is 2.30. The lowest BCUT2D eigenvalue weighted by atomic mass is 10.0. The monoisotopic (exact) mass is 440 g/mol. The highest BCUT2D eigenvalue weighted by Crippen LogP contribution is 2.39. The van der Waals surface area contributed by atoms with Crippen LogP contribution in [-0.2, 0) is 13.1 Å². The summed E-state index contributed by atoms with van der Waals surface area (Å²) in [6, 6.07) is 14.9. The summed E-state index contributed by atoms with van der Waals surface area (Å²) in [4.78, 5) is 4.04. The van der Waals surface area contributed by atoms with Crippen LogP contribution >= 0.6 is 11.6 Å². The topological polar surface area (TPSA) is 35.6 Å². The molecule has 31 heavy (non-hydrogen) atoms. The molecule has 5 rings (SSSR count). The first kappa shape index (κ1) is 19.6. The summed E-state index contributed by atoms with van der Waals surface area (Å²) in [7, 11) is 0. The normalized spacial score (nSPS) is 12.1. The molecule has 0 fully saturated rings. The molecule has 0 atom stereocenters. The number of halogens is 4. The Hall–Kier alpha value is -3.32. The first-order valence-corrected chi connectivity index (χ1v) is 9.96. The number of hydrogen-bond donors (Lipinski definition) is 0. The van der Waals surface area contributed by atoms with E-state index in [1.165, 1.54) is 10.8 Å². The molecule has 0 amide bonds. The van der Waals surface area contributed by atoms with Crippen molar-refractivity contribution in [2.75, 3.05) is 0 Å². The minimum Gasteiger partial charge on any atom is -0.329 e. The van der Waals surface area contributed by atoms with Gasteiger partial charge in [-0.15, -0.1) is 0 Å². The lowest BCUT2D eigenvalue weighted by Crippen LogP contribution is -2.17. The van der Waals surface area contributed by atoms with E-state index in [2.05, 4.69) is 10.1 Å². The van der Waals surface area contributed by atoms with Gasteiger partial charge in [-0.2, -0.15) is 18.3 Å². The van der Waals surface area contributed by atoms with Crippen LogP contribution in [0.4, 0.5) is 13.2 Å². The minimum absolute atomic E-state index is 0.412. The molecule has 2 aromatic carbocycles. The van der Waals surface area contributed by atoms with Crippen molar-refractivity contribution in [1.29, 1.82) is 0 Å². The highest BCUT2D eigenvalue weighted by atomic mass is 35.5. The third kappa shape index (κ3) is 3.77. The molecule has 0 N–H and O–H groups in total. The Morgan fingerprint density at radius 3 is 2.55 bits per heavy atom. The molecule has 156 valence electrons. The fourth-order valence-corrected chi connectivity index (χ4v) is 4.19. The molecule has 3 heterocycles. The molecule has 0 bridgehead atoms. The number of pyridine rings is 1. The first-order chi connectivity index (χ1) is 14.9. The van der Waals surface area contributed by atoms with Gasteiger partial charge in [0.25, 0.3) is 0 Å². The van der Waals surface area contributed by atoms with Crippen molar-refractivity contribution in [2.45, 2.75) is 19.3 Å². The molecular formula is C23H16ClF3N4. The standard InChI is InChI=1S/C23H16ClF3N4/c24-17-8-19(16-10-29-30(13-16)12-15-4-2-1-3-5-15)22-20(9-17)18-6-7-28-11-21(18)31(22)14-23(25,26)27/h1-11,13H,12,14H2. The molecule has 0 spiro atoms. The van der Waals surface area contributed by atoms with E-state index in [-0.39, 0.29) is 0 Å². The van der Waals surface area contributed by atoms with Gasteiger partial charge in [0.1, 0.15) is 6.54 Å². The van der Waals surface area contributed by atoms with Crippen LogP contribution < -0.4 is 0 Å². The Kier molecular flexibility index (Phi) is 4.70. The van der Waals surface area contributed by atoms with Gasteiger partial charge < -0.3 is 4.57 Å². The SMILES string of the molecule is FC(F)(F)Cn1c2cnccc2c2cc(Cl)cc(-c3cnn(Cc4ccccc4)c3)c21. The third-order valence-corrected chi connectivity index (χ3v) is 5.41. The Morgan fingerprint density at radius 2 is 1.77 bits per heavy atom. The molecule has 0 saturated carbocycles. The average molecular weight is 441 g/mol. The number of nitrogens with zero attached hydrogens (tertiary/aromatic N) is 4. The Labute approximate surface area is 180 Å². The smallest absolute Gasteiger partial charge is 0.329 e. The highest BCUT2D eigenvalue weighted by molar-refractivity contribution is 6.32. The molecule has 5 aromatic rings. The molecule has 0 aliphatic rings. The summed E-state index contributed by atoms with van der Waals surface area (Å²) in [6.07, 6.45) is 2.12. The van der Waals surface area contributed by atoms with Crippen molar-refractivity contribution in [3.05, 3.63) is 83.9 Å². The summed E-state index contributed by atoms with van der Waals surface area (Å²) < 4.78 is 43.4. The van der Waals surface area contributed by atoms with Gasteiger partial charge in [0.05, 0.1) is 30.0 Å². The van der Waals surface area contributed by atoms with Crippen LogP contribution in [0.15, 0.2) is 73.3 Å². The Bertz CT molecular complexity index is 1390. The van der Waals surface area contributed by atoms with Crippen LogP contribution in [-0.4, -0.2) is 25.5 Å². The van der Waals surface area contributed by atoms with Gasteiger partial charge in [-0.25, -0.2) is 0 Å². The van der Waals surface area contributed by atoms with Crippen molar-refractivity contribution in [2.24, 2.45) is 0 Å². The second-order valence-electron chi connectivity index (χ2n) is 7.36. The van der Waals surface area contributed by atoms with E-state index >= 15 is 0 Å². The Balaban J connectivity index is 1.70. The molecule has 0 radical (unpaired) electrons. The zero-order valence-corrected chi connectivity index (χ0v) is 16.9. The van der Waals surface area contributed by atoms with E-state index in [9.17, 15) is 13.2 Å². The van der Waals surface area contributed by atoms with Gasteiger partial charge in [0.15, 0.2) is 0 Å². The first-order valence-electron chi connectivity index (χ1n) is 9.58.